The van der Waals surface area contributed by atoms with Gasteiger partial charge in [0.1, 0.15) is 5.82 Å². The van der Waals surface area contributed by atoms with E-state index >= 15 is 0 Å². The van der Waals surface area contributed by atoms with E-state index in [1.165, 1.54) is 16.7 Å². The number of morpholine rings is 1. The van der Waals surface area contributed by atoms with Crippen LogP contribution >= 0.6 is 0 Å². The normalized spacial score (nSPS) is 16.8. The maximum atomic E-state index is 12.3. The van der Waals surface area contributed by atoms with Crippen LogP contribution in [0.25, 0.3) is 33.4 Å². The summed E-state index contributed by atoms with van der Waals surface area (Å²) in [4.78, 5) is 27.0. The van der Waals surface area contributed by atoms with E-state index < -0.39 is 0 Å². The van der Waals surface area contributed by atoms with E-state index in [1.54, 1.807) is 0 Å². The van der Waals surface area contributed by atoms with Crippen molar-refractivity contribution >= 4 is 22.7 Å². The van der Waals surface area contributed by atoms with Crippen LogP contribution in [0.4, 0.5) is 5.82 Å². The minimum Gasteiger partial charge on any atom is -0.466 e. The van der Waals surface area contributed by atoms with Crippen LogP contribution in [0.3, 0.4) is 0 Å². The lowest BCUT2D eigenvalue weighted by atomic mass is 9.96. The van der Waals surface area contributed by atoms with Gasteiger partial charge in [-0.3, -0.25) is 9.69 Å². The minimum atomic E-state index is -0.0815. The van der Waals surface area contributed by atoms with E-state index in [2.05, 4.69) is 64.4 Å². The fraction of sp³-hybridized carbons (Fsp3) is 0.364. The summed E-state index contributed by atoms with van der Waals surface area (Å²) < 4.78 is 10.8. The van der Waals surface area contributed by atoms with Crippen molar-refractivity contribution in [3.05, 3.63) is 78.4 Å². The van der Waals surface area contributed by atoms with Gasteiger partial charge in [0.05, 0.1) is 31.3 Å². The number of hydrogen-bond donors (Lipinski definition) is 0. The number of anilines is 1. The maximum Gasteiger partial charge on any atom is 0.309 e. The molecule has 40 heavy (non-hydrogen) atoms. The molecular weight excluding hydrogens is 500 g/mol. The predicted molar refractivity (Wildman–Crippen MR) is 158 cm³/mol. The van der Waals surface area contributed by atoms with Crippen LogP contribution in [-0.2, 0) is 20.8 Å². The van der Waals surface area contributed by atoms with Gasteiger partial charge in [-0.25, -0.2) is 9.97 Å². The highest BCUT2D eigenvalue weighted by molar-refractivity contribution is 5.91. The lowest BCUT2D eigenvalue weighted by Gasteiger charge is -2.32. The zero-order valence-corrected chi connectivity index (χ0v) is 23.1. The molecule has 7 heteroatoms. The van der Waals surface area contributed by atoms with Crippen LogP contribution < -0.4 is 4.90 Å². The molecule has 0 unspecified atom stereocenters. The topological polar surface area (TPSA) is 67.8 Å². The highest BCUT2D eigenvalue weighted by atomic mass is 16.5. The number of hydrogen-bond acceptors (Lipinski definition) is 7. The molecule has 3 aromatic carbocycles. The Balaban J connectivity index is 1.26. The van der Waals surface area contributed by atoms with E-state index in [-0.39, 0.29) is 11.9 Å². The van der Waals surface area contributed by atoms with Crippen LogP contribution in [0.2, 0.25) is 0 Å². The van der Waals surface area contributed by atoms with Gasteiger partial charge in [-0.15, -0.1) is 0 Å². The van der Waals surface area contributed by atoms with Gasteiger partial charge in [0.2, 0.25) is 0 Å². The number of esters is 1. The summed E-state index contributed by atoms with van der Waals surface area (Å²) in [6, 6.07) is 25.4. The second-order valence-corrected chi connectivity index (χ2v) is 10.5. The number of benzene rings is 3. The molecular formula is C33H36N4O3. The van der Waals surface area contributed by atoms with Crippen LogP contribution in [0.15, 0.2) is 72.8 Å². The van der Waals surface area contributed by atoms with Crippen molar-refractivity contribution in [3.8, 4) is 22.5 Å². The number of nitrogens with zero attached hydrogens (tertiary/aromatic N) is 4. The lowest BCUT2D eigenvalue weighted by molar-refractivity contribution is -0.148. The average molecular weight is 537 g/mol. The van der Waals surface area contributed by atoms with E-state index in [0.29, 0.717) is 6.61 Å². The van der Waals surface area contributed by atoms with Crippen LogP contribution in [-0.4, -0.2) is 66.8 Å². The number of piperidine rings is 1. The van der Waals surface area contributed by atoms with Crippen LogP contribution in [0, 0.1) is 5.92 Å². The minimum absolute atomic E-state index is 0.0394. The van der Waals surface area contributed by atoms with Crippen molar-refractivity contribution in [3.63, 3.8) is 0 Å². The second kappa shape index (κ2) is 12.1. The first-order valence-corrected chi connectivity index (χ1v) is 14.4. The van der Waals surface area contributed by atoms with Gasteiger partial charge < -0.3 is 14.4 Å². The molecule has 4 aromatic rings. The van der Waals surface area contributed by atoms with Gasteiger partial charge in [0.15, 0.2) is 5.82 Å². The lowest BCUT2D eigenvalue weighted by Crippen LogP contribution is -2.37. The molecule has 0 radical (unpaired) electrons. The van der Waals surface area contributed by atoms with E-state index in [0.717, 1.165) is 86.9 Å². The summed E-state index contributed by atoms with van der Waals surface area (Å²) >= 11 is 0. The number of fused-ring (bicyclic) bond motifs is 1. The largest absolute Gasteiger partial charge is 0.466 e. The van der Waals surface area contributed by atoms with E-state index in [9.17, 15) is 4.79 Å². The molecule has 2 aliphatic heterocycles. The monoisotopic (exact) mass is 536 g/mol. The molecule has 6 rings (SSSR count). The number of carbonyl (C=O) groups excluding carboxylic acids is 1. The standard InChI is InChI=1S/C33H36N4O3/c1-2-40-33(38)26-15-17-37(18-16-26)32-29-9-5-6-10-30(29)34-31(35-32)25-13-11-24(12-14-25)28-8-4-3-7-27(28)23-36-19-21-39-22-20-36/h3-14,26H,2,15-23H2,1H3. The Labute approximate surface area is 235 Å². The second-order valence-electron chi connectivity index (χ2n) is 10.5. The molecule has 0 aliphatic carbocycles. The Morgan fingerprint density at radius 3 is 2.35 bits per heavy atom. The molecule has 2 fully saturated rings. The fourth-order valence-corrected chi connectivity index (χ4v) is 5.76. The third kappa shape index (κ3) is 5.71. The number of rotatable bonds is 7. The van der Waals surface area contributed by atoms with E-state index in [1.807, 2.05) is 25.1 Å². The van der Waals surface area contributed by atoms with Crippen LogP contribution in [0.5, 0.6) is 0 Å². The summed E-state index contributed by atoms with van der Waals surface area (Å²) in [5.41, 5.74) is 5.69. The summed E-state index contributed by atoms with van der Waals surface area (Å²) in [5.74, 6) is 1.53. The summed E-state index contributed by atoms with van der Waals surface area (Å²) in [6.45, 7) is 8.28. The SMILES string of the molecule is CCOC(=O)C1CCN(c2nc(-c3ccc(-c4ccccc4CN4CCOCC4)cc3)nc3ccccc23)CC1. The Bertz CT molecular complexity index is 1460. The third-order valence-electron chi connectivity index (χ3n) is 7.97. The van der Waals surface area contributed by atoms with Crippen molar-refractivity contribution < 1.29 is 14.3 Å². The van der Waals surface area contributed by atoms with Crippen molar-refractivity contribution in [2.24, 2.45) is 5.92 Å². The van der Waals surface area contributed by atoms with E-state index in [4.69, 9.17) is 19.4 Å². The molecule has 0 N–H and O–H groups in total. The Hall–Kier alpha value is -3.81. The van der Waals surface area contributed by atoms with Gasteiger partial charge in [-0.1, -0.05) is 60.7 Å². The highest BCUT2D eigenvalue weighted by Crippen LogP contribution is 2.32. The molecule has 0 saturated carbocycles. The molecule has 0 bridgehead atoms. The number of para-hydroxylation sites is 1. The quantitative estimate of drug-likeness (QED) is 0.286. The highest BCUT2D eigenvalue weighted by Gasteiger charge is 2.28. The Kier molecular flexibility index (Phi) is 8.02. The van der Waals surface area contributed by atoms with Gasteiger partial charge in [-0.2, -0.15) is 0 Å². The number of aromatic nitrogens is 2. The molecule has 2 aliphatic rings. The Morgan fingerprint density at radius 2 is 1.57 bits per heavy atom. The summed E-state index contributed by atoms with van der Waals surface area (Å²) in [6.07, 6.45) is 1.54. The molecule has 206 valence electrons. The number of carbonyl (C=O) groups is 1. The molecule has 0 atom stereocenters. The van der Waals surface area contributed by atoms with Crippen molar-refractivity contribution in [2.75, 3.05) is 50.9 Å². The first-order valence-electron chi connectivity index (χ1n) is 14.4. The first kappa shape index (κ1) is 26.4. The molecule has 0 amide bonds. The van der Waals surface area contributed by atoms with Crippen LogP contribution in [0.1, 0.15) is 25.3 Å². The summed E-state index contributed by atoms with van der Waals surface area (Å²) in [5, 5.41) is 1.04. The summed E-state index contributed by atoms with van der Waals surface area (Å²) in [7, 11) is 0. The zero-order valence-electron chi connectivity index (χ0n) is 23.1. The molecule has 0 spiro atoms. The maximum absolute atomic E-state index is 12.3. The van der Waals surface area contributed by atoms with Gasteiger partial charge in [0, 0.05) is 43.7 Å². The van der Waals surface area contributed by atoms with Gasteiger partial charge in [0.25, 0.3) is 0 Å². The molecule has 3 heterocycles. The third-order valence-corrected chi connectivity index (χ3v) is 7.97. The first-order chi connectivity index (χ1) is 19.7. The molecule has 1 aromatic heterocycles. The number of ether oxygens (including phenoxy) is 2. The Morgan fingerprint density at radius 1 is 0.875 bits per heavy atom. The van der Waals surface area contributed by atoms with Crippen molar-refractivity contribution in [1.82, 2.24) is 14.9 Å². The smallest absolute Gasteiger partial charge is 0.309 e. The molecule has 7 nitrogen and oxygen atoms in total. The zero-order chi connectivity index (χ0) is 27.3. The van der Waals surface area contributed by atoms with Crippen molar-refractivity contribution in [2.45, 2.75) is 26.3 Å². The fourth-order valence-electron chi connectivity index (χ4n) is 5.76. The molecule has 2 saturated heterocycles. The van der Waals surface area contributed by atoms with Gasteiger partial charge >= 0.3 is 5.97 Å². The van der Waals surface area contributed by atoms with Gasteiger partial charge in [-0.05, 0) is 48.6 Å². The van der Waals surface area contributed by atoms with Crippen molar-refractivity contribution in [1.29, 1.82) is 0 Å². The predicted octanol–water partition coefficient (Wildman–Crippen LogP) is 5.58. The average Bonchev–Trinajstić information content (AvgIpc) is 3.02.